The molecule has 26 heavy (non-hydrogen) atoms. The number of aromatic nitrogens is 1. The van der Waals surface area contributed by atoms with E-state index in [1.807, 2.05) is 0 Å². The smallest absolute Gasteiger partial charge is 0.249 e. The van der Waals surface area contributed by atoms with E-state index in [4.69, 9.17) is 9.47 Å². The van der Waals surface area contributed by atoms with E-state index in [0.29, 0.717) is 23.8 Å². The van der Waals surface area contributed by atoms with Gasteiger partial charge in [0.15, 0.2) is 11.6 Å². The standard InChI is InChI=1S/C20H25FN2O3/c1-14(2)8-10-25-15(3)20(24)23-12-16-6-7-19(18(21)11-16)26-17-5-4-9-22-13-17/h4-7,9,11,13-15H,8,10,12H2,1-3H3,(H,23,24). The van der Waals surface area contributed by atoms with Crippen molar-refractivity contribution in [2.24, 2.45) is 5.92 Å². The van der Waals surface area contributed by atoms with Crippen LogP contribution in [-0.4, -0.2) is 23.6 Å². The number of hydrogen-bond acceptors (Lipinski definition) is 4. The zero-order chi connectivity index (χ0) is 18.9. The maximum absolute atomic E-state index is 14.2. The first-order valence-corrected chi connectivity index (χ1v) is 8.71. The highest BCUT2D eigenvalue weighted by Gasteiger charge is 2.13. The Morgan fingerprint density at radius 2 is 2.08 bits per heavy atom. The minimum absolute atomic E-state index is 0.110. The fraction of sp³-hybridized carbons (Fsp3) is 0.400. The predicted molar refractivity (Wildman–Crippen MR) is 97.4 cm³/mol. The molecule has 0 aliphatic heterocycles. The average Bonchev–Trinajstić information content (AvgIpc) is 2.62. The molecule has 1 aromatic carbocycles. The minimum Gasteiger partial charge on any atom is -0.453 e. The molecule has 1 N–H and O–H groups in total. The van der Waals surface area contributed by atoms with Gasteiger partial charge in [0.1, 0.15) is 11.9 Å². The van der Waals surface area contributed by atoms with Gasteiger partial charge < -0.3 is 14.8 Å². The lowest BCUT2D eigenvalue weighted by molar-refractivity contribution is -0.132. The van der Waals surface area contributed by atoms with Crippen molar-refractivity contribution in [1.29, 1.82) is 0 Å². The van der Waals surface area contributed by atoms with Crippen LogP contribution in [0.5, 0.6) is 11.5 Å². The van der Waals surface area contributed by atoms with Crippen molar-refractivity contribution >= 4 is 5.91 Å². The number of benzene rings is 1. The number of carbonyl (C=O) groups excluding carboxylic acids is 1. The first-order chi connectivity index (χ1) is 12.5. The topological polar surface area (TPSA) is 60.5 Å². The molecule has 1 amide bonds. The molecule has 1 aromatic heterocycles. The Morgan fingerprint density at radius 3 is 2.73 bits per heavy atom. The summed E-state index contributed by atoms with van der Waals surface area (Å²) in [5, 5.41) is 2.75. The number of nitrogens with one attached hydrogen (secondary N) is 1. The molecule has 0 radical (unpaired) electrons. The van der Waals surface area contributed by atoms with E-state index in [-0.39, 0.29) is 18.2 Å². The monoisotopic (exact) mass is 360 g/mol. The van der Waals surface area contributed by atoms with Gasteiger partial charge in [-0.1, -0.05) is 19.9 Å². The van der Waals surface area contributed by atoms with Gasteiger partial charge in [-0.05, 0) is 49.1 Å². The van der Waals surface area contributed by atoms with Crippen molar-refractivity contribution in [3.63, 3.8) is 0 Å². The summed E-state index contributed by atoms with van der Waals surface area (Å²) >= 11 is 0. The number of halogens is 1. The van der Waals surface area contributed by atoms with Gasteiger partial charge in [0, 0.05) is 19.3 Å². The molecule has 140 valence electrons. The summed E-state index contributed by atoms with van der Waals surface area (Å²) < 4.78 is 25.1. The number of hydrogen-bond donors (Lipinski definition) is 1. The van der Waals surface area contributed by atoms with Gasteiger partial charge in [0.2, 0.25) is 5.91 Å². The van der Waals surface area contributed by atoms with Gasteiger partial charge >= 0.3 is 0 Å². The van der Waals surface area contributed by atoms with Gasteiger partial charge in [0.05, 0.1) is 6.20 Å². The molecule has 0 fully saturated rings. The molecular formula is C20H25FN2O3. The summed E-state index contributed by atoms with van der Waals surface area (Å²) in [6.45, 7) is 6.68. The molecule has 2 aromatic rings. The second kappa shape index (κ2) is 9.87. The molecule has 6 heteroatoms. The lowest BCUT2D eigenvalue weighted by atomic mass is 10.1. The summed E-state index contributed by atoms with van der Waals surface area (Å²) in [6.07, 6.45) is 3.49. The fourth-order valence-electron chi connectivity index (χ4n) is 2.16. The molecule has 0 spiro atoms. The Hall–Kier alpha value is -2.47. The van der Waals surface area contributed by atoms with Crippen molar-refractivity contribution in [2.75, 3.05) is 6.61 Å². The van der Waals surface area contributed by atoms with Crippen LogP contribution in [0.15, 0.2) is 42.7 Å². The van der Waals surface area contributed by atoms with Crippen LogP contribution in [-0.2, 0) is 16.1 Å². The minimum atomic E-state index is -0.535. The van der Waals surface area contributed by atoms with Gasteiger partial charge in [-0.25, -0.2) is 4.39 Å². The van der Waals surface area contributed by atoms with E-state index < -0.39 is 11.9 Å². The van der Waals surface area contributed by atoms with Crippen molar-refractivity contribution < 1.29 is 18.7 Å². The molecule has 1 heterocycles. The molecular weight excluding hydrogens is 335 g/mol. The molecule has 0 saturated heterocycles. The number of ether oxygens (including phenoxy) is 2. The number of pyridine rings is 1. The van der Waals surface area contributed by atoms with Crippen molar-refractivity contribution in [3.05, 3.63) is 54.1 Å². The fourth-order valence-corrected chi connectivity index (χ4v) is 2.16. The molecule has 2 rings (SSSR count). The lowest BCUT2D eigenvalue weighted by Gasteiger charge is -2.14. The summed E-state index contributed by atoms with van der Waals surface area (Å²) in [6, 6.07) is 7.99. The van der Waals surface area contributed by atoms with Crippen LogP contribution in [0, 0.1) is 11.7 Å². The Morgan fingerprint density at radius 1 is 1.27 bits per heavy atom. The molecule has 0 bridgehead atoms. The van der Waals surface area contributed by atoms with Gasteiger partial charge in [-0.3, -0.25) is 9.78 Å². The number of carbonyl (C=O) groups is 1. The molecule has 1 unspecified atom stereocenters. The Labute approximate surface area is 153 Å². The van der Waals surface area contributed by atoms with Gasteiger partial charge in [-0.15, -0.1) is 0 Å². The molecule has 1 atom stereocenters. The summed E-state index contributed by atoms with van der Waals surface area (Å²) in [5.41, 5.74) is 0.642. The second-order valence-electron chi connectivity index (χ2n) is 6.47. The van der Waals surface area contributed by atoms with E-state index in [1.165, 1.54) is 18.3 Å². The van der Waals surface area contributed by atoms with Crippen LogP contribution >= 0.6 is 0 Å². The van der Waals surface area contributed by atoms with E-state index in [1.54, 1.807) is 31.3 Å². The third-order valence-electron chi connectivity index (χ3n) is 3.76. The average molecular weight is 360 g/mol. The summed E-state index contributed by atoms with van der Waals surface area (Å²) in [7, 11) is 0. The molecule has 0 aliphatic carbocycles. The lowest BCUT2D eigenvalue weighted by Crippen LogP contribution is -2.34. The zero-order valence-corrected chi connectivity index (χ0v) is 15.4. The highest BCUT2D eigenvalue weighted by Crippen LogP contribution is 2.24. The van der Waals surface area contributed by atoms with Crippen molar-refractivity contribution in [1.82, 2.24) is 10.3 Å². The van der Waals surface area contributed by atoms with Crippen LogP contribution in [0.2, 0.25) is 0 Å². The Kier molecular flexibility index (Phi) is 7.53. The number of rotatable bonds is 9. The van der Waals surface area contributed by atoms with E-state index in [2.05, 4.69) is 24.1 Å². The predicted octanol–water partition coefficient (Wildman–Crippen LogP) is 4.08. The van der Waals surface area contributed by atoms with Crippen LogP contribution in [0.4, 0.5) is 4.39 Å². The highest BCUT2D eigenvalue weighted by atomic mass is 19.1. The van der Waals surface area contributed by atoms with Crippen LogP contribution < -0.4 is 10.1 Å². The van der Waals surface area contributed by atoms with Crippen LogP contribution in [0.3, 0.4) is 0 Å². The van der Waals surface area contributed by atoms with Crippen molar-refractivity contribution in [3.8, 4) is 11.5 Å². The van der Waals surface area contributed by atoms with Gasteiger partial charge in [0.25, 0.3) is 0 Å². The third kappa shape index (κ3) is 6.44. The summed E-state index contributed by atoms with van der Waals surface area (Å²) in [4.78, 5) is 15.9. The molecule has 0 aliphatic rings. The Balaban J connectivity index is 1.84. The maximum atomic E-state index is 14.2. The zero-order valence-electron chi connectivity index (χ0n) is 15.4. The van der Waals surface area contributed by atoms with Gasteiger partial charge in [-0.2, -0.15) is 0 Å². The van der Waals surface area contributed by atoms with E-state index in [9.17, 15) is 9.18 Å². The first kappa shape index (κ1) is 19.8. The SMILES string of the molecule is CC(C)CCOC(C)C(=O)NCc1ccc(Oc2cccnc2)c(F)c1. The molecule has 0 saturated carbocycles. The third-order valence-corrected chi connectivity index (χ3v) is 3.76. The summed E-state index contributed by atoms with van der Waals surface area (Å²) in [5.74, 6) is 0.380. The first-order valence-electron chi connectivity index (χ1n) is 8.71. The van der Waals surface area contributed by atoms with Crippen LogP contribution in [0.25, 0.3) is 0 Å². The largest absolute Gasteiger partial charge is 0.453 e. The van der Waals surface area contributed by atoms with Crippen molar-refractivity contribution in [2.45, 2.75) is 39.8 Å². The normalized spacial score (nSPS) is 12.0. The quantitative estimate of drug-likeness (QED) is 0.732. The van der Waals surface area contributed by atoms with E-state index in [0.717, 1.165) is 6.42 Å². The number of nitrogens with zero attached hydrogens (tertiary/aromatic N) is 1. The number of amides is 1. The van der Waals surface area contributed by atoms with Crippen LogP contribution in [0.1, 0.15) is 32.8 Å². The van der Waals surface area contributed by atoms with E-state index >= 15 is 0 Å². The highest BCUT2D eigenvalue weighted by molar-refractivity contribution is 5.80. The second-order valence-corrected chi connectivity index (χ2v) is 6.47. The molecule has 5 nitrogen and oxygen atoms in total. The Bertz CT molecular complexity index is 707. The maximum Gasteiger partial charge on any atom is 0.249 e.